The first kappa shape index (κ1) is 15.1. The highest BCUT2D eigenvalue weighted by Crippen LogP contribution is 2.27. The lowest BCUT2D eigenvalue weighted by Crippen LogP contribution is -2.43. The third-order valence-electron chi connectivity index (χ3n) is 3.87. The summed E-state index contributed by atoms with van der Waals surface area (Å²) in [6, 6.07) is 5.01. The summed E-state index contributed by atoms with van der Waals surface area (Å²) in [5.41, 5.74) is 0.522. The van der Waals surface area contributed by atoms with Gasteiger partial charge < -0.3 is 15.2 Å². The van der Waals surface area contributed by atoms with E-state index in [-0.39, 0.29) is 24.5 Å². The van der Waals surface area contributed by atoms with E-state index >= 15 is 0 Å². The predicted molar refractivity (Wildman–Crippen MR) is 78.3 cm³/mol. The lowest BCUT2D eigenvalue weighted by molar-refractivity contribution is 0.0872. The van der Waals surface area contributed by atoms with E-state index in [0.29, 0.717) is 16.3 Å². The van der Waals surface area contributed by atoms with Gasteiger partial charge in [0.2, 0.25) is 0 Å². The molecule has 4 nitrogen and oxygen atoms in total. The molecule has 1 amide bonds. The quantitative estimate of drug-likeness (QED) is 0.898. The van der Waals surface area contributed by atoms with E-state index in [2.05, 4.69) is 5.32 Å². The van der Waals surface area contributed by atoms with Gasteiger partial charge in [0.25, 0.3) is 5.91 Å². The molecule has 2 rings (SSSR count). The fraction of sp³-hybridized carbons (Fsp3) is 0.533. The number of amides is 1. The minimum Gasteiger partial charge on any atom is -0.495 e. The summed E-state index contributed by atoms with van der Waals surface area (Å²) >= 11 is 5.95. The lowest BCUT2D eigenvalue weighted by atomic mass is 9.85. The molecule has 1 aliphatic carbocycles. The van der Waals surface area contributed by atoms with Crippen LogP contribution in [-0.4, -0.2) is 30.8 Å². The Morgan fingerprint density at radius 1 is 1.45 bits per heavy atom. The molecule has 1 saturated carbocycles. The largest absolute Gasteiger partial charge is 0.495 e. The van der Waals surface area contributed by atoms with Crippen LogP contribution >= 0.6 is 11.6 Å². The first-order chi connectivity index (χ1) is 9.65. The highest BCUT2D eigenvalue weighted by Gasteiger charge is 2.26. The van der Waals surface area contributed by atoms with Gasteiger partial charge >= 0.3 is 0 Å². The molecule has 0 radical (unpaired) electrons. The second-order valence-corrected chi connectivity index (χ2v) is 5.56. The molecule has 1 aromatic rings. The number of aliphatic hydroxyl groups is 1. The van der Waals surface area contributed by atoms with Crippen molar-refractivity contribution in [1.82, 2.24) is 5.32 Å². The number of rotatable bonds is 4. The third kappa shape index (κ3) is 3.44. The monoisotopic (exact) mass is 297 g/mol. The molecule has 1 aliphatic rings. The van der Waals surface area contributed by atoms with Gasteiger partial charge in [0.1, 0.15) is 5.75 Å². The maximum Gasteiger partial charge on any atom is 0.251 e. The topological polar surface area (TPSA) is 58.6 Å². The second-order valence-electron chi connectivity index (χ2n) is 5.16. The summed E-state index contributed by atoms with van der Waals surface area (Å²) < 4.78 is 5.12. The van der Waals surface area contributed by atoms with Crippen molar-refractivity contribution in [3.63, 3.8) is 0 Å². The zero-order valence-electron chi connectivity index (χ0n) is 11.6. The number of aliphatic hydroxyl groups excluding tert-OH is 1. The molecular formula is C15H20ClNO3. The van der Waals surface area contributed by atoms with Crippen LogP contribution in [-0.2, 0) is 0 Å². The number of ether oxygens (including phenoxy) is 1. The normalized spacial score (nSPS) is 22.4. The van der Waals surface area contributed by atoms with Gasteiger partial charge in [0, 0.05) is 24.1 Å². The zero-order chi connectivity index (χ0) is 14.5. The Balaban J connectivity index is 2.07. The summed E-state index contributed by atoms with van der Waals surface area (Å²) in [4.78, 5) is 12.3. The molecule has 2 N–H and O–H groups in total. The fourth-order valence-corrected chi connectivity index (χ4v) is 2.86. The molecule has 0 aliphatic heterocycles. The van der Waals surface area contributed by atoms with Crippen LogP contribution in [0.4, 0.5) is 0 Å². The molecule has 0 bridgehead atoms. The molecule has 20 heavy (non-hydrogen) atoms. The Bertz CT molecular complexity index is 478. The Morgan fingerprint density at radius 2 is 2.20 bits per heavy atom. The van der Waals surface area contributed by atoms with Gasteiger partial charge in [-0.2, -0.15) is 0 Å². The number of carbonyl (C=O) groups excluding carboxylic acids is 1. The average molecular weight is 298 g/mol. The minimum absolute atomic E-state index is 0.0444. The predicted octanol–water partition coefficient (Wildman–Crippen LogP) is 2.63. The van der Waals surface area contributed by atoms with E-state index in [0.717, 1.165) is 25.7 Å². The van der Waals surface area contributed by atoms with Crippen molar-refractivity contribution in [3.05, 3.63) is 28.8 Å². The van der Waals surface area contributed by atoms with Gasteiger partial charge in [-0.15, -0.1) is 0 Å². The first-order valence-corrected chi connectivity index (χ1v) is 7.28. The van der Waals surface area contributed by atoms with E-state index in [1.165, 1.54) is 7.11 Å². The smallest absolute Gasteiger partial charge is 0.251 e. The minimum atomic E-state index is -0.148. The summed E-state index contributed by atoms with van der Waals surface area (Å²) in [6.07, 6.45) is 4.09. The van der Waals surface area contributed by atoms with Gasteiger partial charge in [-0.1, -0.05) is 24.4 Å². The molecule has 5 heteroatoms. The number of methoxy groups -OCH3 is 1. The van der Waals surface area contributed by atoms with Crippen molar-refractivity contribution in [2.75, 3.05) is 13.7 Å². The number of hydrogen-bond donors (Lipinski definition) is 2. The van der Waals surface area contributed by atoms with E-state index in [1.807, 2.05) is 0 Å². The average Bonchev–Trinajstić information content (AvgIpc) is 2.48. The van der Waals surface area contributed by atoms with Gasteiger partial charge in [-0.3, -0.25) is 4.79 Å². The van der Waals surface area contributed by atoms with Gasteiger partial charge in [-0.25, -0.2) is 0 Å². The molecule has 2 atom stereocenters. The number of carbonyl (C=O) groups is 1. The van der Waals surface area contributed by atoms with Crippen LogP contribution in [0.3, 0.4) is 0 Å². The van der Waals surface area contributed by atoms with Gasteiger partial charge in [-0.05, 0) is 31.0 Å². The van der Waals surface area contributed by atoms with E-state index in [1.54, 1.807) is 18.2 Å². The molecule has 1 fully saturated rings. The Kier molecular flexibility index (Phi) is 5.26. The SMILES string of the molecule is COc1cc(C(=O)NC2CCCCC2CO)ccc1Cl. The lowest BCUT2D eigenvalue weighted by Gasteiger charge is -2.30. The molecule has 2 unspecified atom stereocenters. The summed E-state index contributed by atoms with van der Waals surface area (Å²) in [7, 11) is 1.52. The maximum atomic E-state index is 12.3. The highest BCUT2D eigenvalue weighted by molar-refractivity contribution is 6.32. The highest BCUT2D eigenvalue weighted by atomic mass is 35.5. The summed E-state index contributed by atoms with van der Waals surface area (Å²) in [6.45, 7) is 0.120. The van der Waals surface area contributed by atoms with Crippen LogP contribution in [0.2, 0.25) is 5.02 Å². The van der Waals surface area contributed by atoms with Gasteiger partial charge in [0.15, 0.2) is 0 Å². The van der Waals surface area contributed by atoms with Crippen molar-refractivity contribution in [3.8, 4) is 5.75 Å². The van der Waals surface area contributed by atoms with Crippen LogP contribution in [0.5, 0.6) is 5.75 Å². The van der Waals surface area contributed by atoms with Crippen molar-refractivity contribution in [1.29, 1.82) is 0 Å². The van der Waals surface area contributed by atoms with Crippen LogP contribution in [0.15, 0.2) is 18.2 Å². The number of nitrogens with one attached hydrogen (secondary N) is 1. The maximum absolute atomic E-state index is 12.3. The van der Waals surface area contributed by atoms with Crippen molar-refractivity contribution in [2.24, 2.45) is 5.92 Å². The van der Waals surface area contributed by atoms with E-state index in [4.69, 9.17) is 16.3 Å². The number of hydrogen-bond acceptors (Lipinski definition) is 3. The molecule has 110 valence electrons. The zero-order valence-corrected chi connectivity index (χ0v) is 12.3. The molecule has 1 aromatic carbocycles. The van der Waals surface area contributed by atoms with Crippen molar-refractivity contribution in [2.45, 2.75) is 31.7 Å². The van der Waals surface area contributed by atoms with Crippen LogP contribution in [0.25, 0.3) is 0 Å². The van der Waals surface area contributed by atoms with Crippen molar-refractivity contribution >= 4 is 17.5 Å². The van der Waals surface area contributed by atoms with Crippen molar-refractivity contribution < 1.29 is 14.6 Å². The molecule has 0 spiro atoms. The van der Waals surface area contributed by atoms with Gasteiger partial charge in [0.05, 0.1) is 12.1 Å². The summed E-state index contributed by atoms with van der Waals surface area (Å²) in [5, 5.41) is 12.9. The molecular weight excluding hydrogens is 278 g/mol. The van der Waals surface area contributed by atoms with E-state index in [9.17, 15) is 9.90 Å². The Morgan fingerprint density at radius 3 is 2.90 bits per heavy atom. The summed E-state index contributed by atoms with van der Waals surface area (Å²) in [5.74, 6) is 0.494. The number of halogens is 1. The Hall–Kier alpha value is -1.26. The molecule has 0 heterocycles. The van der Waals surface area contributed by atoms with E-state index < -0.39 is 0 Å². The van der Waals surface area contributed by atoms with Crippen LogP contribution in [0.1, 0.15) is 36.0 Å². The number of benzene rings is 1. The molecule has 0 aromatic heterocycles. The van der Waals surface area contributed by atoms with Crippen LogP contribution in [0, 0.1) is 5.92 Å². The second kappa shape index (κ2) is 6.95. The first-order valence-electron chi connectivity index (χ1n) is 6.91. The Labute approximate surface area is 124 Å². The fourth-order valence-electron chi connectivity index (χ4n) is 2.67. The third-order valence-corrected chi connectivity index (χ3v) is 4.19. The van der Waals surface area contributed by atoms with Crippen LogP contribution < -0.4 is 10.1 Å². The molecule has 0 saturated heterocycles. The standard InChI is InChI=1S/C15H20ClNO3/c1-20-14-8-10(6-7-12(14)16)15(19)17-13-5-3-2-4-11(13)9-18/h6-8,11,13,18H,2-5,9H2,1H3,(H,17,19).